The van der Waals surface area contributed by atoms with Gasteiger partial charge in [-0.05, 0) is 42.1 Å². The number of nitrogens with two attached hydrogens (primary N) is 1. The Hall–Kier alpha value is -1.91. The van der Waals surface area contributed by atoms with E-state index in [2.05, 4.69) is 23.4 Å². The van der Waals surface area contributed by atoms with Crippen molar-refractivity contribution in [2.75, 3.05) is 6.54 Å². The normalized spacial score (nSPS) is 12.5. The number of ether oxygens (including phenoxy) is 1. The molecule has 0 aliphatic carbocycles. The second-order valence-corrected chi connectivity index (χ2v) is 5.62. The molecule has 1 aromatic carbocycles. The van der Waals surface area contributed by atoms with Crippen LogP contribution in [0.3, 0.4) is 0 Å². The van der Waals surface area contributed by atoms with E-state index in [0.717, 1.165) is 16.7 Å². The number of pyridine rings is 1. The van der Waals surface area contributed by atoms with Gasteiger partial charge in [0.2, 0.25) is 0 Å². The van der Waals surface area contributed by atoms with Crippen LogP contribution in [0.1, 0.15) is 16.5 Å². The summed E-state index contributed by atoms with van der Waals surface area (Å²) in [5.41, 5.74) is 8.02. The predicted octanol–water partition coefficient (Wildman–Crippen LogP) is 3.68. The first kappa shape index (κ1) is 13.1. The largest absolute Gasteiger partial charge is 0.483 e. The van der Waals surface area contributed by atoms with E-state index < -0.39 is 0 Å². The molecule has 2 N–H and O–H groups in total. The van der Waals surface area contributed by atoms with Crippen LogP contribution in [0.25, 0.3) is 10.9 Å². The molecule has 4 heteroatoms. The maximum Gasteiger partial charge on any atom is 0.145 e. The Morgan fingerprint density at radius 1 is 1.30 bits per heavy atom. The van der Waals surface area contributed by atoms with E-state index in [1.807, 2.05) is 30.3 Å². The Balaban J connectivity index is 1.89. The first-order valence-corrected chi connectivity index (χ1v) is 7.41. The van der Waals surface area contributed by atoms with E-state index in [0.29, 0.717) is 6.54 Å². The number of thiophene rings is 1. The zero-order valence-electron chi connectivity index (χ0n) is 11.2. The Labute approximate surface area is 122 Å². The highest BCUT2D eigenvalue weighted by atomic mass is 32.1. The summed E-state index contributed by atoms with van der Waals surface area (Å²) in [4.78, 5) is 5.54. The fourth-order valence-electron chi connectivity index (χ4n) is 2.21. The second-order valence-electron chi connectivity index (χ2n) is 4.67. The molecular formula is C16H16N2OS. The van der Waals surface area contributed by atoms with Gasteiger partial charge in [-0.25, -0.2) is 0 Å². The second kappa shape index (κ2) is 5.61. The van der Waals surface area contributed by atoms with Crippen molar-refractivity contribution in [1.29, 1.82) is 0 Å². The molecule has 1 atom stereocenters. The Morgan fingerprint density at radius 2 is 2.20 bits per heavy atom. The van der Waals surface area contributed by atoms with E-state index in [9.17, 15) is 0 Å². The lowest BCUT2D eigenvalue weighted by atomic mass is 10.2. The summed E-state index contributed by atoms with van der Waals surface area (Å²) >= 11 is 1.68. The number of aryl methyl sites for hydroxylation is 1. The summed E-state index contributed by atoms with van der Waals surface area (Å²) in [5.74, 6) is 0.805. The van der Waals surface area contributed by atoms with E-state index in [4.69, 9.17) is 10.5 Å². The maximum atomic E-state index is 6.04. The fraction of sp³-hybridized carbons (Fsp3) is 0.188. The molecule has 2 heterocycles. The predicted molar refractivity (Wildman–Crippen MR) is 83.2 cm³/mol. The van der Waals surface area contributed by atoms with Gasteiger partial charge in [0.25, 0.3) is 0 Å². The summed E-state index contributed by atoms with van der Waals surface area (Å²) < 4.78 is 6.04. The van der Waals surface area contributed by atoms with Gasteiger partial charge in [0, 0.05) is 29.1 Å². The topological polar surface area (TPSA) is 48.1 Å². The first-order valence-electron chi connectivity index (χ1n) is 6.53. The zero-order chi connectivity index (χ0) is 13.9. The molecule has 2 aromatic heterocycles. The number of nitrogens with zero attached hydrogens (tertiary/aromatic N) is 1. The smallest absolute Gasteiger partial charge is 0.145 e. The van der Waals surface area contributed by atoms with Gasteiger partial charge in [-0.1, -0.05) is 6.07 Å². The summed E-state index contributed by atoms with van der Waals surface area (Å²) in [7, 11) is 0. The van der Waals surface area contributed by atoms with Crippen LogP contribution in [0.15, 0.2) is 48.0 Å². The van der Waals surface area contributed by atoms with Crippen LogP contribution in [-0.2, 0) is 0 Å². The van der Waals surface area contributed by atoms with Crippen LogP contribution in [0.4, 0.5) is 0 Å². The number of hydrogen-bond donors (Lipinski definition) is 1. The quantitative estimate of drug-likeness (QED) is 0.795. The lowest BCUT2D eigenvalue weighted by Gasteiger charge is -2.17. The highest BCUT2D eigenvalue weighted by Gasteiger charge is 2.15. The minimum atomic E-state index is -0.101. The van der Waals surface area contributed by atoms with Gasteiger partial charge in [-0.2, -0.15) is 0 Å². The molecule has 3 nitrogen and oxygen atoms in total. The first-order chi connectivity index (χ1) is 9.78. The van der Waals surface area contributed by atoms with Gasteiger partial charge >= 0.3 is 0 Å². The molecule has 0 fully saturated rings. The molecule has 0 spiro atoms. The van der Waals surface area contributed by atoms with Crippen LogP contribution in [-0.4, -0.2) is 11.5 Å². The van der Waals surface area contributed by atoms with Crippen molar-refractivity contribution < 1.29 is 4.74 Å². The highest BCUT2D eigenvalue weighted by Crippen LogP contribution is 2.29. The Bertz CT molecular complexity index is 723. The Morgan fingerprint density at radius 3 is 2.95 bits per heavy atom. The van der Waals surface area contributed by atoms with Crippen LogP contribution >= 0.6 is 11.3 Å². The lowest BCUT2D eigenvalue weighted by molar-refractivity contribution is 0.217. The third-order valence-corrected chi connectivity index (χ3v) is 4.37. The monoisotopic (exact) mass is 284 g/mol. The minimum Gasteiger partial charge on any atom is -0.483 e. The summed E-state index contributed by atoms with van der Waals surface area (Å²) in [6, 6.07) is 12.0. The molecule has 0 saturated carbocycles. The molecule has 20 heavy (non-hydrogen) atoms. The van der Waals surface area contributed by atoms with Gasteiger partial charge in [-0.15, -0.1) is 11.3 Å². The van der Waals surface area contributed by atoms with E-state index in [1.165, 1.54) is 10.4 Å². The number of aromatic nitrogens is 1. The van der Waals surface area contributed by atoms with E-state index >= 15 is 0 Å². The number of benzene rings is 1. The van der Waals surface area contributed by atoms with Crippen molar-refractivity contribution in [2.45, 2.75) is 13.0 Å². The number of rotatable bonds is 4. The van der Waals surface area contributed by atoms with Gasteiger partial charge in [0.15, 0.2) is 0 Å². The van der Waals surface area contributed by atoms with E-state index in [-0.39, 0.29) is 6.10 Å². The van der Waals surface area contributed by atoms with Gasteiger partial charge in [0.05, 0.1) is 5.52 Å². The van der Waals surface area contributed by atoms with Crippen molar-refractivity contribution in [3.63, 3.8) is 0 Å². The van der Waals surface area contributed by atoms with Gasteiger partial charge in [-0.3, -0.25) is 4.98 Å². The molecule has 102 valence electrons. The summed E-state index contributed by atoms with van der Waals surface area (Å²) in [5, 5.41) is 3.18. The molecular weight excluding hydrogens is 268 g/mol. The van der Waals surface area contributed by atoms with Crippen LogP contribution in [0.2, 0.25) is 0 Å². The van der Waals surface area contributed by atoms with E-state index in [1.54, 1.807) is 17.5 Å². The molecule has 0 aliphatic rings. The molecule has 0 bridgehead atoms. The highest BCUT2D eigenvalue weighted by molar-refractivity contribution is 7.10. The molecule has 0 aliphatic heterocycles. The van der Waals surface area contributed by atoms with Crippen molar-refractivity contribution in [3.05, 3.63) is 58.4 Å². The van der Waals surface area contributed by atoms with Crippen molar-refractivity contribution in [2.24, 2.45) is 5.73 Å². The molecule has 0 radical (unpaired) electrons. The lowest BCUT2D eigenvalue weighted by Crippen LogP contribution is -2.18. The van der Waals surface area contributed by atoms with Crippen molar-refractivity contribution >= 4 is 22.2 Å². The van der Waals surface area contributed by atoms with Gasteiger partial charge in [0.1, 0.15) is 11.9 Å². The molecule has 3 rings (SSSR count). The molecule has 0 saturated heterocycles. The fourth-order valence-corrected chi connectivity index (χ4v) is 3.18. The summed E-state index contributed by atoms with van der Waals surface area (Å²) in [6.07, 6.45) is 1.69. The average Bonchev–Trinajstić information content (AvgIpc) is 2.91. The summed E-state index contributed by atoms with van der Waals surface area (Å²) in [6.45, 7) is 2.54. The number of hydrogen-bond acceptors (Lipinski definition) is 4. The third-order valence-electron chi connectivity index (χ3n) is 3.26. The maximum absolute atomic E-state index is 6.04. The zero-order valence-corrected chi connectivity index (χ0v) is 12.1. The van der Waals surface area contributed by atoms with Crippen molar-refractivity contribution in [3.8, 4) is 5.75 Å². The Kier molecular flexibility index (Phi) is 3.67. The third kappa shape index (κ3) is 2.53. The number of fused-ring (bicyclic) bond motifs is 1. The molecule has 1 unspecified atom stereocenters. The average molecular weight is 284 g/mol. The van der Waals surface area contributed by atoms with Crippen molar-refractivity contribution in [1.82, 2.24) is 4.98 Å². The van der Waals surface area contributed by atoms with Crippen LogP contribution in [0.5, 0.6) is 5.75 Å². The molecule has 0 amide bonds. The van der Waals surface area contributed by atoms with Gasteiger partial charge < -0.3 is 10.5 Å². The SMILES string of the molecule is Cc1ccsc1C(CN)Oc1ccc2cccnc2c1. The van der Waals surface area contributed by atoms with Crippen LogP contribution in [0, 0.1) is 6.92 Å². The standard InChI is InChI=1S/C16H16N2OS/c1-11-6-8-20-16(11)15(10-17)19-13-5-4-12-3-2-7-18-14(12)9-13/h2-9,15H,10,17H2,1H3. The minimum absolute atomic E-state index is 0.101. The van der Waals surface area contributed by atoms with Crippen LogP contribution < -0.4 is 10.5 Å². The molecule has 3 aromatic rings.